The number of halogens is 1. The lowest BCUT2D eigenvalue weighted by atomic mass is 10.2. The van der Waals surface area contributed by atoms with Crippen molar-refractivity contribution in [2.75, 3.05) is 16.9 Å². The molecular formula is C12H15ClN6OS. The molecule has 2 heterocycles. The number of amides is 1. The first kappa shape index (κ1) is 15.7. The SMILES string of the molecule is Cl.Cn1nnnc1-c1cccc(NC(=O)C2CSCN2)c1. The van der Waals surface area contributed by atoms with Gasteiger partial charge in [0.1, 0.15) is 0 Å². The van der Waals surface area contributed by atoms with E-state index in [1.807, 2.05) is 24.3 Å². The molecule has 1 atom stereocenters. The highest BCUT2D eigenvalue weighted by Gasteiger charge is 2.22. The van der Waals surface area contributed by atoms with Gasteiger partial charge in [-0.2, -0.15) is 0 Å². The quantitative estimate of drug-likeness (QED) is 0.871. The highest BCUT2D eigenvalue weighted by Crippen LogP contribution is 2.20. The van der Waals surface area contributed by atoms with Crippen LogP contribution in [0.2, 0.25) is 0 Å². The third-order valence-corrected chi connectivity index (χ3v) is 3.98. The first-order valence-electron chi connectivity index (χ1n) is 6.19. The van der Waals surface area contributed by atoms with E-state index in [0.717, 1.165) is 22.9 Å². The second kappa shape index (κ2) is 6.88. The fraction of sp³-hybridized carbons (Fsp3) is 0.333. The molecule has 2 N–H and O–H groups in total. The van der Waals surface area contributed by atoms with Crippen molar-refractivity contribution in [1.29, 1.82) is 0 Å². The van der Waals surface area contributed by atoms with Gasteiger partial charge in [-0.15, -0.1) is 29.3 Å². The average Bonchev–Trinajstić information content (AvgIpc) is 3.10. The molecule has 0 spiro atoms. The van der Waals surface area contributed by atoms with Crippen molar-refractivity contribution in [2.45, 2.75) is 6.04 Å². The number of rotatable bonds is 3. The summed E-state index contributed by atoms with van der Waals surface area (Å²) < 4.78 is 1.59. The lowest BCUT2D eigenvalue weighted by Gasteiger charge is -2.11. The maximum Gasteiger partial charge on any atom is 0.242 e. The van der Waals surface area contributed by atoms with E-state index < -0.39 is 0 Å². The summed E-state index contributed by atoms with van der Waals surface area (Å²) in [5, 5.41) is 17.4. The van der Waals surface area contributed by atoms with Crippen LogP contribution in [-0.4, -0.2) is 43.8 Å². The fourth-order valence-electron chi connectivity index (χ4n) is 2.00. The molecular weight excluding hydrogens is 312 g/mol. The Bertz CT molecular complexity index is 628. The molecule has 0 aliphatic carbocycles. The van der Waals surface area contributed by atoms with Crippen LogP contribution >= 0.6 is 24.2 Å². The Labute approximate surface area is 132 Å². The molecule has 1 saturated heterocycles. The van der Waals surface area contributed by atoms with E-state index in [2.05, 4.69) is 26.2 Å². The van der Waals surface area contributed by atoms with E-state index >= 15 is 0 Å². The Morgan fingerprint density at radius 1 is 1.52 bits per heavy atom. The molecule has 0 radical (unpaired) electrons. The minimum atomic E-state index is -0.125. The lowest BCUT2D eigenvalue weighted by Crippen LogP contribution is -2.37. The Morgan fingerprint density at radius 2 is 2.38 bits per heavy atom. The Hall–Kier alpha value is -1.64. The number of tetrazole rings is 1. The number of nitrogens with one attached hydrogen (secondary N) is 2. The first-order valence-corrected chi connectivity index (χ1v) is 7.34. The van der Waals surface area contributed by atoms with Gasteiger partial charge in [-0.1, -0.05) is 12.1 Å². The highest BCUT2D eigenvalue weighted by atomic mass is 35.5. The molecule has 1 amide bonds. The summed E-state index contributed by atoms with van der Waals surface area (Å²) in [5.41, 5.74) is 1.61. The number of aryl methyl sites for hydroxylation is 1. The molecule has 112 valence electrons. The van der Waals surface area contributed by atoms with Gasteiger partial charge >= 0.3 is 0 Å². The Kier molecular flexibility index (Phi) is 5.16. The van der Waals surface area contributed by atoms with Crippen LogP contribution in [0.4, 0.5) is 5.69 Å². The Morgan fingerprint density at radius 3 is 3.05 bits per heavy atom. The molecule has 0 bridgehead atoms. The van der Waals surface area contributed by atoms with Crippen molar-refractivity contribution in [3.05, 3.63) is 24.3 Å². The molecule has 1 aliphatic rings. The number of hydrogen-bond acceptors (Lipinski definition) is 6. The molecule has 1 aliphatic heterocycles. The van der Waals surface area contributed by atoms with Crippen LogP contribution in [0, 0.1) is 0 Å². The van der Waals surface area contributed by atoms with E-state index in [0.29, 0.717) is 5.82 Å². The summed E-state index contributed by atoms with van der Waals surface area (Å²) in [4.78, 5) is 12.0. The summed E-state index contributed by atoms with van der Waals surface area (Å²) in [6.07, 6.45) is 0. The van der Waals surface area contributed by atoms with E-state index in [-0.39, 0.29) is 24.4 Å². The summed E-state index contributed by atoms with van der Waals surface area (Å²) >= 11 is 1.72. The normalized spacial score (nSPS) is 17.3. The van der Waals surface area contributed by atoms with E-state index in [9.17, 15) is 4.79 Å². The predicted molar refractivity (Wildman–Crippen MR) is 84.4 cm³/mol. The monoisotopic (exact) mass is 326 g/mol. The van der Waals surface area contributed by atoms with Crippen molar-refractivity contribution < 1.29 is 4.79 Å². The van der Waals surface area contributed by atoms with Gasteiger partial charge in [0.15, 0.2) is 5.82 Å². The molecule has 3 rings (SSSR count). The van der Waals surface area contributed by atoms with E-state index in [1.54, 1.807) is 23.5 Å². The molecule has 0 saturated carbocycles. The van der Waals surface area contributed by atoms with Crippen LogP contribution in [0.5, 0.6) is 0 Å². The van der Waals surface area contributed by atoms with Crippen LogP contribution in [0.1, 0.15) is 0 Å². The smallest absolute Gasteiger partial charge is 0.242 e. The van der Waals surface area contributed by atoms with Gasteiger partial charge < -0.3 is 5.32 Å². The zero-order valence-corrected chi connectivity index (χ0v) is 12.9. The topological polar surface area (TPSA) is 84.7 Å². The minimum Gasteiger partial charge on any atom is -0.325 e. The summed E-state index contributed by atoms with van der Waals surface area (Å²) in [5.74, 6) is 2.28. The molecule has 2 aromatic rings. The molecule has 9 heteroatoms. The molecule has 21 heavy (non-hydrogen) atoms. The maximum atomic E-state index is 12.0. The van der Waals surface area contributed by atoms with Crippen LogP contribution in [0.15, 0.2) is 24.3 Å². The van der Waals surface area contributed by atoms with Crippen LogP contribution in [-0.2, 0) is 11.8 Å². The number of carbonyl (C=O) groups excluding carboxylic acids is 1. The summed E-state index contributed by atoms with van der Waals surface area (Å²) in [6, 6.07) is 7.38. The first-order chi connectivity index (χ1) is 9.74. The maximum absolute atomic E-state index is 12.0. The number of hydrogen-bond donors (Lipinski definition) is 2. The minimum absolute atomic E-state index is 0. The average molecular weight is 327 g/mol. The van der Waals surface area contributed by atoms with Gasteiger partial charge in [0.25, 0.3) is 0 Å². The van der Waals surface area contributed by atoms with Crippen LogP contribution < -0.4 is 10.6 Å². The molecule has 1 unspecified atom stereocenters. The standard InChI is InChI=1S/C12H14N6OS.ClH/c1-18-11(15-16-17-18)8-3-2-4-9(5-8)14-12(19)10-6-20-7-13-10;/h2-5,10,13H,6-7H2,1H3,(H,14,19);1H. The number of nitrogens with zero attached hydrogens (tertiary/aromatic N) is 4. The van der Waals surface area contributed by atoms with Gasteiger partial charge in [0, 0.05) is 29.9 Å². The van der Waals surface area contributed by atoms with Crippen molar-refractivity contribution in [3.8, 4) is 11.4 Å². The lowest BCUT2D eigenvalue weighted by molar-refractivity contribution is -0.117. The Balaban J connectivity index is 0.00000161. The molecule has 7 nitrogen and oxygen atoms in total. The van der Waals surface area contributed by atoms with E-state index in [1.165, 1.54) is 0 Å². The number of benzene rings is 1. The van der Waals surface area contributed by atoms with Crippen molar-refractivity contribution in [2.24, 2.45) is 7.05 Å². The molecule has 1 aromatic carbocycles. The fourth-order valence-corrected chi connectivity index (χ4v) is 2.94. The number of aromatic nitrogens is 4. The van der Waals surface area contributed by atoms with E-state index in [4.69, 9.17) is 0 Å². The number of carbonyl (C=O) groups is 1. The second-order valence-electron chi connectivity index (χ2n) is 4.47. The van der Waals surface area contributed by atoms with Crippen molar-refractivity contribution in [3.63, 3.8) is 0 Å². The molecule has 1 fully saturated rings. The third kappa shape index (κ3) is 3.52. The van der Waals surface area contributed by atoms with Gasteiger partial charge in [0.2, 0.25) is 5.91 Å². The number of thioether (sulfide) groups is 1. The zero-order chi connectivity index (χ0) is 13.9. The van der Waals surface area contributed by atoms with Gasteiger partial charge in [0.05, 0.1) is 6.04 Å². The van der Waals surface area contributed by atoms with Crippen molar-refractivity contribution in [1.82, 2.24) is 25.5 Å². The van der Waals surface area contributed by atoms with Gasteiger partial charge in [-0.05, 0) is 22.6 Å². The summed E-state index contributed by atoms with van der Waals surface area (Å²) in [7, 11) is 1.78. The van der Waals surface area contributed by atoms with Gasteiger partial charge in [-0.25, -0.2) is 4.68 Å². The van der Waals surface area contributed by atoms with Gasteiger partial charge in [-0.3, -0.25) is 10.1 Å². The zero-order valence-electron chi connectivity index (χ0n) is 11.3. The third-order valence-electron chi connectivity index (χ3n) is 3.04. The highest BCUT2D eigenvalue weighted by molar-refractivity contribution is 7.99. The van der Waals surface area contributed by atoms with Crippen LogP contribution in [0.3, 0.4) is 0 Å². The molecule has 1 aromatic heterocycles. The largest absolute Gasteiger partial charge is 0.325 e. The second-order valence-corrected chi connectivity index (χ2v) is 5.50. The number of anilines is 1. The van der Waals surface area contributed by atoms with Crippen LogP contribution in [0.25, 0.3) is 11.4 Å². The van der Waals surface area contributed by atoms with Crippen molar-refractivity contribution >= 4 is 35.8 Å². The predicted octanol–water partition coefficient (Wildman–Crippen LogP) is 0.900. The summed E-state index contributed by atoms with van der Waals surface area (Å²) in [6.45, 7) is 0.